The number of piperazine rings is 1. The summed E-state index contributed by atoms with van der Waals surface area (Å²) in [6.45, 7) is 5.47. The van der Waals surface area contributed by atoms with Crippen LogP contribution in [0.4, 0.5) is 10.1 Å². The average molecular weight is 429 g/mol. The van der Waals surface area contributed by atoms with Crippen molar-refractivity contribution in [3.8, 4) is 0 Å². The second-order valence-electron chi connectivity index (χ2n) is 7.94. The number of aryl methyl sites for hydroxylation is 1. The Morgan fingerprint density at radius 1 is 1.26 bits per heavy atom. The molecule has 4 heterocycles. The molecule has 2 N–H and O–H groups in total. The van der Waals surface area contributed by atoms with E-state index in [1.54, 1.807) is 12.1 Å². The maximum atomic E-state index is 14.5. The number of aromatic nitrogens is 2. The van der Waals surface area contributed by atoms with E-state index in [2.05, 4.69) is 20.2 Å². The molecule has 0 aromatic carbocycles. The molecule has 2 atom stereocenters. The Hall–Kier alpha value is -2.78. The fourth-order valence-electron chi connectivity index (χ4n) is 4.31. The van der Waals surface area contributed by atoms with Crippen LogP contribution in [-0.2, 0) is 11.2 Å². The van der Waals surface area contributed by atoms with Gasteiger partial charge in [-0.05, 0) is 31.0 Å². The second kappa shape index (κ2) is 9.15. The summed E-state index contributed by atoms with van der Waals surface area (Å²) >= 11 is 0. The molecule has 9 heteroatoms. The van der Waals surface area contributed by atoms with Gasteiger partial charge in [-0.3, -0.25) is 14.5 Å². The van der Waals surface area contributed by atoms with Crippen molar-refractivity contribution in [3.63, 3.8) is 0 Å². The third-order valence-corrected chi connectivity index (χ3v) is 6.18. The van der Waals surface area contributed by atoms with Crippen LogP contribution in [0.2, 0.25) is 0 Å². The Labute approximate surface area is 180 Å². The smallest absolute Gasteiger partial charge is 0.269 e. The van der Waals surface area contributed by atoms with E-state index in [4.69, 9.17) is 4.74 Å². The van der Waals surface area contributed by atoms with Crippen molar-refractivity contribution in [1.29, 1.82) is 0 Å². The lowest BCUT2D eigenvalue weighted by Crippen LogP contribution is -2.51. The molecule has 8 nitrogen and oxygen atoms in total. The van der Waals surface area contributed by atoms with Crippen LogP contribution in [0.3, 0.4) is 0 Å². The molecule has 2 aromatic heterocycles. The van der Waals surface area contributed by atoms with Gasteiger partial charge in [-0.2, -0.15) is 4.39 Å². The number of pyridine rings is 2. The van der Waals surface area contributed by atoms with Crippen molar-refractivity contribution in [2.24, 2.45) is 0 Å². The van der Waals surface area contributed by atoms with Crippen molar-refractivity contribution in [3.05, 3.63) is 57.5 Å². The van der Waals surface area contributed by atoms with Crippen molar-refractivity contribution in [2.45, 2.75) is 31.9 Å². The maximum absolute atomic E-state index is 14.5. The molecule has 2 aliphatic rings. The van der Waals surface area contributed by atoms with E-state index in [0.717, 1.165) is 30.8 Å². The van der Waals surface area contributed by atoms with Gasteiger partial charge in [0.1, 0.15) is 5.69 Å². The largest absolute Gasteiger partial charge is 0.370 e. The summed E-state index contributed by atoms with van der Waals surface area (Å²) in [5.74, 6) is -1.03. The van der Waals surface area contributed by atoms with E-state index < -0.39 is 11.9 Å². The summed E-state index contributed by atoms with van der Waals surface area (Å²) in [5, 5.41) is 2.45. The highest BCUT2D eigenvalue weighted by Crippen LogP contribution is 2.31. The van der Waals surface area contributed by atoms with Gasteiger partial charge in [-0.1, -0.05) is 13.0 Å². The van der Waals surface area contributed by atoms with E-state index in [0.29, 0.717) is 31.8 Å². The van der Waals surface area contributed by atoms with Crippen molar-refractivity contribution in [2.75, 3.05) is 44.7 Å². The SMILES string of the molecule is CCc1ccc(C2CC(N3CCN(c4ccc(C(=O)NC)nc4F)CC3)CO2)[nH]c1=O. The number of hydrogen-bond acceptors (Lipinski definition) is 6. The van der Waals surface area contributed by atoms with Crippen LogP contribution in [0, 0.1) is 5.95 Å². The van der Waals surface area contributed by atoms with E-state index in [-0.39, 0.29) is 23.4 Å². The van der Waals surface area contributed by atoms with E-state index >= 15 is 0 Å². The highest BCUT2D eigenvalue weighted by molar-refractivity contribution is 5.92. The minimum atomic E-state index is -0.627. The van der Waals surface area contributed by atoms with Gasteiger partial charge in [0.2, 0.25) is 5.95 Å². The third kappa shape index (κ3) is 4.47. The fraction of sp³-hybridized carbons (Fsp3) is 0.500. The lowest BCUT2D eigenvalue weighted by Gasteiger charge is -2.38. The van der Waals surface area contributed by atoms with E-state index in [9.17, 15) is 14.0 Å². The Morgan fingerprint density at radius 2 is 2.03 bits per heavy atom. The molecule has 2 aromatic rings. The number of ether oxygens (including phenoxy) is 1. The minimum Gasteiger partial charge on any atom is -0.370 e. The Balaban J connectivity index is 1.35. The zero-order chi connectivity index (χ0) is 22.0. The van der Waals surface area contributed by atoms with Gasteiger partial charge >= 0.3 is 0 Å². The Morgan fingerprint density at radius 3 is 2.68 bits per heavy atom. The molecule has 2 fully saturated rings. The van der Waals surface area contributed by atoms with E-state index in [1.165, 1.54) is 7.05 Å². The summed E-state index contributed by atoms with van der Waals surface area (Å²) in [4.78, 5) is 34.8. The number of H-pyrrole nitrogens is 1. The molecule has 4 rings (SSSR count). The Bertz CT molecular complexity index is 1000. The highest BCUT2D eigenvalue weighted by Gasteiger charge is 2.33. The molecule has 2 unspecified atom stereocenters. The average Bonchev–Trinajstić information content (AvgIpc) is 3.29. The zero-order valence-corrected chi connectivity index (χ0v) is 17.9. The van der Waals surface area contributed by atoms with Gasteiger partial charge < -0.3 is 19.9 Å². The molecule has 0 aliphatic carbocycles. The van der Waals surface area contributed by atoms with Gasteiger partial charge in [-0.25, -0.2) is 4.98 Å². The van der Waals surface area contributed by atoms with E-state index in [1.807, 2.05) is 24.0 Å². The molecular formula is C22H28FN5O3. The first-order valence-electron chi connectivity index (χ1n) is 10.7. The molecule has 31 heavy (non-hydrogen) atoms. The minimum absolute atomic E-state index is 0.0428. The molecule has 2 aliphatic heterocycles. The first-order valence-corrected chi connectivity index (χ1v) is 10.7. The standard InChI is InChI=1S/C22H28FN5O3/c1-3-14-4-5-16(26-21(14)29)19-12-15(13-31-19)27-8-10-28(11-9-27)18-7-6-17(22(30)24-2)25-20(18)23/h4-7,15,19H,3,8-13H2,1-2H3,(H,24,30)(H,26,29). The first-order chi connectivity index (χ1) is 15.0. The molecule has 0 bridgehead atoms. The van der Waals surface area contributed by atoms with Crippen molar-refractivity contribution >= 4 is 11.6 Å². The monoisotopic (exact) mass is 429 g/mol. The quantitative estimate of drug-likeness (QED) is 0.700. The number of aromatic amines is 1. The number of nitrogens with zero attached hydrogens (tertiary/aromatic N) is 3. The number of hydrogen-bond donors (Lipinski definition) is 2. The van der Waals surface area contributed by atoms with Crippen LogP contribution >= 0.6 is 0 Å². The molecule has 0 spiro atoms. The molecule has 2 saturated heterocycles. The van der Waals surface area contributed by atoms with Crippen LogP contribution in [0.15, 0.2) is 29.1 Å². The number of amides is 1. The third-order valence-electron chi connectivity index (χ3n) is 6.18. The maximum Gasteiger partial charge on any atom is 0.269 e. The van der Waals surface area contributed by atoms with Crippen LogP contribution in [0.25, 0.3) is 0 Å². The molecule has 166 valence electrons. The number of anilines is 1. The first kappa shape index (κ1) is 21.5. The fourth-order valence-corrected chi connectivity index (χ4v) is 4.31. The number of carbonyl (C=O) groups excluding carboxylic acids is 1. The Kier molecular flexibility index (Phi) is 6.33. The lowest BCUT2D eigenvalue weighted by molar-refractivity contribution is 0.0929. The summed E-state index contributed by atoms with van der Waals surface area (Å²) in [7, 11) is 1.49. The summed E-state index contributed by atoms with van der Waals surface area (Å²) in [6.07, 6.45) is 1.41. The normalized spacial score (nSPS) is 22.0. The van der Waals surface area contributed by atoms with Gasteiger partial charge in [0, 0.05) is 50.5 Å². The number of carbonyl (C=O) groups is 1. The van der Waals surface area contributed by atoms with Crippen molar-refractivity contribution < 1.29 is 13.9 Å². The molecular weight excluding hydrogens is 401 g/mol. The number of halogens is 1. The highest BCUT2D eigenvalue weighted by atomic mass is 19.1. The van der Waals surface area contributed by atoms with Crippen LogP contribution in [0.1, 0.15) is 41.2 Å². The number of rotatable bonds is 5. The molecule has 1 amide bonds. The van der Waals surface area contributed by atoms with Crippen LogP contribution in [-0.4, -0.2) is 66.7 Å². The van der Waals surface area contributed by atoms with Gasteiger partial charge in [0.25, 0.3) is 11.5 Å². The van der Waals surface area contributed by atoms with Gasteiger partial charge in [0.05, 0.1) is 18.4 Å². The van der Waals surface area contributed by atoms with Crippen LogP contribution in [0.5, 0.6) is 0 Å². The summed E-state index contributed by atoms with van der Waals surface area (Å²) in [6, 6.07) is 7.25. The van der Waals surface area contributed by atoms with Crippen LogP contribution < -0.4 is 15.8 Å². The summed E-state index contributed by atoms with van der Waals surface area (Å²) < 4.78 is 20.4. The number of nitrogens with one attached hydrogen (secondary N) is 2. The lowest BCUT2D eigenvalue weighted by atomic mass is 10.1. The second-order valence-corrected chi connectivity index (χ2v) is 7.94. The van der Waals surface area contributed by atoms with Gasteiger partial charge in [-0.15, -0.1) is 0 Å². The predicted molar refractivity (Wildman–Crippen MR) is 115 cm³/mol. The zero-order valence-electron chi connectivity index (χ0n) is 17.9. The molecule has 0 saturated carbocycles. The van der Waals surface area contributed by atoms with Crippen molar-refractivity contribution in [1.82, 2.24) is 20.2 Å². The molecule has 0 radical (unpaired) electrons. The topological polar surface area (TPSA) is 90.6 Å². The van der Waals surface area contributed by atoms with Gasteiger partial charge in [0.15, 0.2) is 0 Å². The summed E-state index contributed by atoms with van der Waals surface area (Å²) in [5.41, 5.74) is 2.05. The predicted octanol–water partition coefficient (Wildman–Crippen LogP) is 1.48.